The first-order chi connectivity index (χ1) is 10.8. The largest absolute Gasteiger partial charge is 0.383 e. The molecule has 1 heterocycles. The van der Waals surface area contributed by atoms with Crippen molar-refractivity contribution in [3.63, 3.8) is 0 Å². The van der Waals surface area contributed by atoms with Gasteiger partial charge in [0.1, 0.15) is 5.01 Å². The van der Waals surface area contributed by atoms with Crippen molar-refractivity contribution in [1.82, 2.24) is 15.6 Å². The van der Waals surface area contributed by atoms with Crippen LogP contribution in [0.5, 0.6) is 0 Å². The number of methoxy groups -OCH3 is 1. The molecule has 1 amide bonds. The van der Waals surface area contributed by atoms with E-state index in [2.05, 4.69) is 15.6 Å². The van der Waals surface area contributed by atoms with Crippen molar-refractivity contribution >= 4 is 42.1 Å². The van der Waals surface area contributed by atoms with Crippen LogP contribution < -0.4 is 10.6 Å². The smallest absolute Gasteiger partial charge is 0.226 e. The van der Waals surface area contributed by atoms with Gasteiger partial charge in [-0.25, -0.2) is 4.98 Å². The Labute approximate surface area is 159 Å². The molecule has 0 radical (unpaired) electrons. The molecule has 2 rings (SSSR count). The molecule has 5 nitrogen and oxygen atoms in total. The summed E-state index contributed by atoms with van der Waals surface area (Å²) in [5.41, 5.74) is 1.90. The van der Waals surface area contributed by atoms with Gasteiger partial charge in [0.2, 0.25) is 5.91 Å². The van der Waals surface area contributed by atoms with E-state index in [0.717, 1.165) is 29.4 Å². The normalized spacial score (nSPS) is 9.71. The van der Waals surface area contributed by atoms with Crippen LogP contribution in [0, 0.1) is 0 Å². The fourth-order valence-electron chi connectivity index (χ4n) is 1.92. The number of thiazole rings is 1. The van der Waals surface area contributed by atoms with Gasteiger partial charge in [-0.3, -0.25) is 4.79 Å². The van der Waals surface area contributed by atoms with Gasteiger partial charge in [0.05, 0.1) is 18.7 Å². The van der Waals surface area contributed by atoms with Crippen LogP contribution in [0.4, 0.5) is 0 Å². The number of aromatic nitrogens is 1. The Morgan fingerprint density at radius 3 is 2.62 bits per heavy atom. The second-order valence-corrected chi connectivity index (χ2v) is 5.64. The van der Waals surface area contributed by atoms with Gasteiger partial charge in [-0.15, -0.1) is 36.2 Å². The standard InChI is InChI=1S/C16H21N3O2S.2ClH/c1-21-10-9-17-7-8-18-15(20)11-14-12-22-16(19-14)13-5-3-2-4-6-13;;/h2-6,12,17H,7-11H2,1H3,(H,18,20);2*1H. The molecular formula is C16H23Cl2N3O2S. The molecule has 0 unspecified atom stereocenters. The molecular weight excluding hydrogens is 369 g/mol. The number of amides is 1. The highest BCUT2D eigenvalue weighted by atomic mass is 35.5. The molecule has 24 heavy (non-hydrogen) atoms. The molecule has 0 spiro atoms. The predicted octanol–water partition coefficient (Wildman–Crippen LogP) is 2.55. The van der Waals surface area contributed by atoms with Crippen molar-refractivity contribution in [1.29, 1.82) is 0 Å². The summed E-state index contributed by atoms with van der Waals surface area (Å²) in [4.78, 5) is 16.4. The Kier molecular flexibility index (Phi) is 12.5. The van der Waals surface area contributed by atoms with Crippen molar-refractivity contribution in [2.75, 3.05) is 33.4 Å². The number of nitrogens with zero attached hydrogens (tertiary/aromatic N) is 1. The van der Waals surface area contributed by atoms with Crippen molar-refractivity contribution in [2.45, 2.75) is 6.42 Å². The average Bonchev–Trinajstić information content (AvgIpc) is 3.00. The van der Waals surface area contributed by atoms with Gasteiger partial charge in [0.15, 0.2) is 0 Å². The highest BCUT2D eigenvalue weighted by molar-refractivity contribution is 7.13. The van der Waals surface area contributed by atoms with E-state index in [1.165, 1.54) is 0 Å². The lowest BCUT2D eigenvalue weighted by Gasteiger charge is -2.05. The van der Waals surface area contributed by atoms with Crippen LogP contribution in [0.1, 0.15) is 5.69 Å². The zero-order chi connectivity index (χ0) is 15.6. The highest BCUT2D eigenvalue weighted by Crippen LogP contribution is 2.23. The number of hydrogen-bond donors (Lipinski definition) is 2. The van der Waals surface area contributed by atoms with E-state index in [-0.39, 0.29) is 30.7 Å². The lowest BCUT2D eigenvalue weighted by Crippen LogP contribution is -2.33. The molecule has 134 valence electrons. The number of halogens is 2. The second kappa shape index (κ2) is 13.1. The number of carbonyl (C=O) groups excluding carboxylic acids is 1. The lowest BCUT2D eigenvalue weighted by atomic mass is 10.2. The molecule has 0 aliphatic heterocycles. The fourth-order valence-corrected chi connectivity index (χ4v) is 2.74. The second-order valence-electron chi connectivity index (χ2n) is 4.78. The molecule has 0 aliphatic carbocycles. The van der Waals surface area contributed by atoms with Gasteiger partial charge < -0.3 is 15.4 Å². The predicted molar refractivity (Wildman–Crippen MR) is 104 cm³/mol. The molecule has 2 N–H and O–H groups in total. The molecule has 2 aromatic rings. The van der Waals surface area contributed by atoms with Crippen molar-refractivity contribution in [3.8, 4) is 10.6 Å². The molecule has 0 aliphatic rings. The maximum atomic E-state index is 11.8. The molecule has 0 atom stereocenters. The van der Waals surface area contributed by atoms with E-state index in [4.69, 9.17) is 4.74 Å². The van der Waals surface area contributed by atoms with E-state index in [1.54, 1.807) is 18.4 Å². The van der Waals surface area contributed by atoms with Crippen LogP contribution in [0.2, 0.25) is 0 Å². The first kappa shape index (κ1) is 22.8. The maximum Gasteiger partial charge on any atom is 0.226 e. The molecule has 0 fully saturated rings. The van der Waals surface area contributed by atoms with E-state index in [0.29, 0.717) is 19.6 Å². The summed E-state index contributed by atoms with van der Waals surface area (Å²) in [6.45, 7) is 2.81. The van der Waals surface area contributed by atoms with Gasteiger partial charge in [0.25, 0.3) is 0 Å². The van der Waals surface area contributed by atoms with E-state index in [9.17, 15) is 4.79 Å². The van der Waals surface area contributed by atoms with Crippen molar-refractivity contribution in [2.24, 2.45) is 0 Å². The topological polar surface area (TPSA) is 63.2 Å². The van der Waals surface area contributed by atoms with E-state index in [1.807, 2.05) is 35.7 Å². The van der Waals surface area contributed by atoms with Gasteiger partial charge in [-0.1, -0.05) is 30.3 Å². The fraction of sp³-hybridized carbons (Fsp3) is 0.375. The Morgan fingerprint density at radius 1 is 1.17 bits per heavy atom. The first-order valence-electron chi connectivity index (χ1n) is 7.26. The monoisotopic (exact) mass is 391 g/mol. The van der Waals surface area contributed by atoms with Crippen LogP contribution >= 0.6 is 36.2 Å². The minimum absolute atomic E-state index is 0. The molecule has 8 heteroatoms. The van der Waals surface area contributed by atoms with E-state index < -0.39 is 0 Å². The van der Waals surface area contributed by atoms with Crippen LogP contribution in [0.25, 0.3) is 10.6 Å². The quantitative estimate of drug-likeness (QED) is 0.644. The Hall–Kier alpha value is -1.18. The Bertz CT molecular complexity index is 582. The zero-order valence-electron chi connectivity index (χ0n) is 13.5. The molecule has 0 saturated carbocycles. The van der Waals surface area contributed by atoms with Gasteiger partial charge >= 0.3 is 0 Å². The molecule has 0 saturated heterocycles. The minimum atomic E-state index is -0.00143. The summed E-state index contributed by atoms with van der Waals surface area (Å²) < 4.78 is 4.93. The SMILES string of the molecule is COCCNCCNC(=O)Cc1csc(-c2ccccc2)n1.Cl.Cl. The number of benzene rings is 1. The lowest BCUT2D eigenvalue weighted by molar-refractivity contribution is -0.120. The van der Waals surface area contributed by atoms with Crippen LogP contribution in [-0.2, 0) is 16.0 Å². The van der Waals surface area contributed by atoms with Gasteiger partial charge in [-0.2, -0.15) is 0 Å². The highest BCUT2D eigenvalue weighted by Gasteiger charge is 2.08. The van der Waals surface area contributed by atoms with Crippen molar-refractivity contribution < 1.29 is 9.53 Å². The molecule has 0 bridgehead atoms. The maximum absolute atomic E-state index is 11.8. The molecule has 1 aromatic heterocycles. The summed E-state index contributed by atoms with van der Waals surface area (Å²) in [6, 6.07) is 9.99. The van der Waals surface area contributed by atoms with Gasteiger partial charge in [0, 0.05) is 37.7 Å². The number of carbonyl (C=O) groups is 1. The zero-order valence-corrected chi connectivity index (χ0v) is 15.9. The summed E-state index contributed by atoms with van der Waals surface area (Å²) in [6.07, 6.45) is 0.321. The Morgan fingerprint density at radius 2 is 1.92 bits per heavy atom. The summed E-state index contributed by atoms with van der Waals surface area (Å²) in [7, 11) is 1.67. The number of hydrogen-bond acceptors (Lipinski definition) is 5. The van der Waals surface area contributed by atoms with Crippen LogP contribution in [0.15, 0.2) is 35.7 Å². The minimum Gasteiger partial charge on any atom is -0.383 e. The summed E-state index contributed by atoms with van der Waals surface area (Å²) >= 11 is 1.56. The number of ether oxygens (including phenoxy) is 1. The Balaban J connectivity index is 0.00000264. The van der Waals surface area contributed by atoms with E-state index >= 15 is 0 Å². The number of nitrogens with one attached hydrogen (secondary N) is 2. The third-order valence-corrected chi connectivity index (χ3v) is 3.96. The van der Waals surface area contributed by atoms with Gasteiger partial charge in [-0.05, 0) is 0 Å². The first-order valence-corrected chi connectivity index (χ1v) is 8.13. The third kappa shape index (κ3) is 8.08. The summed E-state index contributed by atoms with van der Waals surface area (Å²) in [5, 5.41) is 8.95. The number of rotatable bonds is 9. The summed E-state index contributed by atoms with van der Waals surface area (Å²) in [5.74, 6) is -0.00143. The molecule has 1 aromatic carbocycles. The van der Waals surface area contributed by atoms with Crippen molar-refractivity contribution in [3.05, 3.63) is 41.4 Å². The average molecular weight is 392 g/mol. The van der Waals surface area contributed by atoms with Crippen LogP contribution in [-0.4, -0.2) is 44.2 Å². The third-order valence-electron chi connectivity index (χ3n) is 3.02. The van der Waals surface area contributed by atoms with Crippen LogP contribution in [0.3, 0.4) is 0 Å².